The predicted molar refractivity (Wildman–Crippen MR) is 80.8 cm³/mol. The highest BCUT2D eigenvalue weighted by molar-refractivity contribution is 6.30. The lowest BCUT2D eigenvalue weighted by molar-refractivity contribution is 0.582. The van der Waals surface area contributed by atoms with Gasteiger partial charge in [-0.3, -0.25) is 0 Å². The Morgan fingerprint density at radius 1 is 1.44 bits per heavy atom. The van der Waals surface area contributed by atoms with E-state index in [1.165, 1.54) is 11.1 Å². The van der Waals surface area contributed by atoms with Gasteiger partial charge in [-0.25, -0.2) is 0 Å². The predicted octanol–water partition coefficient (Wildman–Crippen LogP) is 5.25. The maximum Gasteiger partial charge on any atom is 0.0511 e. The molecule has 0 spiro atoms. The normalized spacial score (nSPS) is 13.2. The number of hydrogen-bond donors (Lipinski definition) is 1. The van der Waals surface area contributed by atoms with Crippen LogP contribution in [0.4, 0.5) is 0 Å². The van der Waals surface area contributed by atoms with E-state index < -0.39 is 0 Å². The van der Waals surface area contributed by atoms with Gasteiger partial charge in [-0.15, -0.1) is 0 Å². The highest BCUT2D eigenvalue weighted by atomic mass is 35.5. The summed E-state index contributed by atoms with van der Waals surface area (Å²) in [6.45, 7) is 10.5. The molecule has 0 fully saturated rings. The van der Waals surface area contributed by atoms with E-state index in [1.54, 1.807) is 0 Å². The lowest BCUT2D eigenvalue weighted by Crippen LogP contribution is -2.20. The third kappa shape index (κ3) is 3.92. The lowest BCUT2D eigenvalue weighted by atomic mass is 10.0. The summed E-state index contributed by atoms with van der Waals surface area (Å²) in [5, 5.41) is 4.27. The summed E-state index contributed by atoms with van der Waals surface area (Å²) in [4.78, 5) is 0. The smallest absolute Gasteiger partial charge is 0.0511 e. The first-order chi connectivity index (χ1) is 8.62. The van der Waals surface area contributed by atoms with Crippen LogP contribution < -0.4 is 5.32 Å². The quantitative estimate of drug-likeness (QED) is 0.691. The van der Waals surface area contributed by atoms with Crippen LogP contribution in [0.3, 0.4) is 0 Å². The van der Waals surface area contributed by atoms with Gasteiger partial charge in [0.1, 0.15) is 0 Å². The van der Waals surface area contributed by atoms with Crippen molar-refractivity contribution in [1.82, 2.24) is 5.32 Å². The summed E-state index contributed by atoms with van der Waals surface area (Å²) in [5.41, 5.74) is 3.47. The van der Waals surface area contributed by atoms with Crippen LogP contribution in [0.5, 0.6) is 0 Å². The molecular formula is C16H22ClN. The molecule has 0 aliphatic carbocycles. The summed E-state index contributed by atoms with van der Waals surface area (Å²) in [6, 6.07) is 8.26. The second-order valence-corrected chi connectivity index (χ2v) is 4.74. The van der Waals surface area contributed by atoms with Gasteiger partial charge in [0.15, 0.2) is 0 Å². The molecular weight excluding hydrogens is 242 g/mol. The number of hydrogen-bond acceptors (Lipinski definition) is 1. The summed E-state index contributed by atoms with van der Waals surface area (Å²) in [7, 11) is 0. The highest BCUT2D eigenvalue weighted by Crippen LogP contribution is 2.23. The second kappa shape index (κ2) is 7.27. The van der Waals surface area contributed by atoms with Crippen molar-refractivity contribution in [2.75, 3.05) is 0 Å². The Morgan fingerprint density at radius 3 is 2.67 bits per heavy atom. The van der Waals surface area contributed by atoms with Crippen molar-refractivity contribution in [1.29, 1.82) is 0 Å². The zero-order valence-electron chi connectivity index (χ0n) is 11.5. The number of benzene rings is 1. The average Bonchev–Trinajstić information content (AvgIpc) is 2.37. The summed E-state index contributed by atoms with van der Waals surface area (Å²) in [5.74, 6) is 0. The van der Waals surface area contributed by atoms with Crippen molar-refractivity contribution in [2.45, 2.75) is 39.7 Å². The molecule has 0 saturated carbocycles. The van der Waals surface area contributed by atoms with Gasteiger partial charge in [0, 0.05) is 10.7 Å². The van der Waals surface area contributed by atoms with Crippen molar-refractivity contribution >= 4 is 11.6 Å². The first-order valence-corrected chi connectivity index (χ1v) is 6.86. The fraction of sp³-hybridized carbons (Fsp3) is 0.375. The Labute approximate surface area is 116 Å². The molecule has 1 N–H and O–H groups in total. The molecule has 98 valence electrons. The zero-order valence-corrected chi connectivity index (χ0v) is 12.2. The van der Waals surface area contributed by atoms with Gasteiger partial charge in [-0.2, -0.15) is 0 Å². The van der Waals surface area contributed by atoms with Crippen LogP contribution in [0.1, 0.15) is 45.2 Å². The molecule has 0 aliphatic heterocycles. The summed E-state index contributed by atoms with van der Waals surface area (Å²) in [6.07, 6.45) is 4.11. The number of allylic oxidation sites excluding steroid dienone is 2. The Balaban J connectivity index is 2.83. The van der Waals surface area contributed by atoms with E-state index in [0.717, 1.165) is 23.6 Å². The number of nitrogens with one attached hydrogen (secondary N) is 1. The van der Waals surface area contributed by atoms with Crippen molar-refractivity contribution in [3.05, 3.63) is 58.8 Å². The van der Waals surface area contributed by atoms with Crippen LogP contribution >= 0.6 is 11.6 Å². The monoisotopic (exact) mass is 263 g/mol. The van der Waals surface area contributed by atoms with Crippen LogP contribution in [0, 0.1) is 0 Å². The molecule has 1 nitrogen and oxygen atoms in total. The maximum absolute atomic E-state index is 6.04. The van der Waals surface area contributed by atoms with E-state index in [4.69, 9.17) is 11.6 Å². The van der Waals surface area contributed by atoms with E-state index in [-0.39, 0.29) is 6.04 Å². The van der Waals surface area contributed by atoms with Gasteiger partial charge < -0.3 is 5.32 Å². The molecule has 0 bridgehead atoms. The van der Waals surface area contributed by atoms with Gasteiger partial charge in [-0.05, 0) is 43.0 Å². The fourth-order valence-corrected chi connectivity index (χ4v) is 2.24. The Hall–Kier alpha value is -1.21. The molecule has 1 aromatic carbocycles. The van der Waals surface area contributed by atoms with E-state index >= 15 is 0 Å². The van der Waals surface area contributed by atoms with Crippen molar-refractivity contribution in [2.24, 2.45) is 0 Å². The third-order valence-electron chi connectivity index (χ3n) is 3.12. The fourth-order valence-electron chi connectivity index (χ4n) is 2.04. The molecule has 0 heterocycles. The number of halogens is 1. The number of rotatable bonds is 6. The van der Waals surface area contributed by atoms with E-state index in [2.05, 4.69) is 37.9 Å². The van der Waals surface area contributed by atoms with Crippen LogP contribution in [0.15, 0.2) is 48.2 Å². The highest BCUT2D eigenvalue weighted by Gasteiger charge is 2.11. The molecule has 0 aliphatic rings. The summed E-state index contributed by atoms with van der Waals surface area (Å²) < 4.78 is 0. The molecule has 1 atom stereocenters. The first kappa shape index (κ1) is 14.8. The summed E-state index contributed by atoms with van der Waals surface area (Å²) >= 11 is 6.04. The van der Waals surface area contributed by atoms with Gasteiger partial charge in [0.2, 0.25) is 0 Å². The molecule has 18 heavy (non-hydrogen) atoms. The van der Waals surface area contributed by atoms with Crippen LogP contribution in [-0.2, 0) is 0 Å². The minimum atomic E-state index is 0.262. The molecule has 0 amide bonds. The minimum Gasteiger partial charge on any atom is -0.379 e. The first-order valence-electron chi connectivity index (χ1n) is 6.48. The molecule has 0 aromatic heterocycles. The maximum atomic E-state index is 6.04. The van der Waals surface area contributed by atoms with Gasteiger partial charge >= 0.3 is 0 Å². The van der Waals surface area contributed by atoms with E-state index in [0.29, 0.717) is 0 Å². The van der Waals surface area contributed by atoms with Crippen molar-refractivity contribution in [3.63, 3.8) is 0 Å². The molecule has 0 unspecified atom stereocenters. The van der Waals surface area contributed by atoms with Crippen LogP contribution in [0.2, 0.25) is 5.02 Å². The Morgan fingerprint density at radius 2 is 2.17 bits per heavy atom. The van der Waals surface area contributed by atoms with Crippen molar-refractivity contribution < 1.29 is 0 Å². The molecule has 0 radical (unpaired) electrons. The minimum absolute atomic E-state index is 0.262. The third-order valence-corrected chi connectivity index (χ3v) is 3.36. The standard InChI is InChI=1S/C16H22ClN/c1-5-13(6-2)12(4)18-16(7-3)14-9-8-10-15(17)11-14/h5,8-11,16,18H,4,6-7H2,1-3H3/b13-5+/t16-/m1/s1. The van der Waals surface area contributed by atoms with E-state index in [1.807, 2.05) is 25.1 Å². The molecule has 1 rings (SSSR count). The Bertz CT molecular complexity index is 434. The second-order valence-electron chi connectivity index (χ2n) is 4.31. The van der Waals surface area contributed by atoms with Crippen molar-refractivity contribution in [3.8, 4) is 0 Å². The lowest BCUT2D eigenvalue weighted by Gasteiger charge is -2.21. The topological polar surface area (TPSA) is 12.0 Å². The zero-order chi connectivity index (χ0) is 13.5. The molecule has 2 heteroatoms. The largest absolute Gasteiger partial charge is 0.379 e. The van der Waals surface area contributed by atoms with Crippen LogP contribution in [-0.4, -0.2) is 0 Å². The van der Waals surface area contributed by atoms with Gasteiger partial charge in [-0.1, -0.05) is 50.2 Å². The average molecular weight is 264 g/mol. The Kier molecular flexibility index (Phi) is 6.00. The van der Waals surface area contributed by atoms with Crippen LogP contribution in [0.25, 0.3) is 0 Å². The van der Waals surface area contributed by atoms with E-state index in [9.17, 15) is 0 Å². The molecule has 1 aromatic rings. The molecule has 0 saturated heterocycles. The SMILES string of the molecule is C=C(N[C@H](CC)c1cccc(Cl)c1)/C(=C/C)CC. The van der Waals surface area contributed by atoms with Gasteiger partial charge in [0.05, 0.1) is 6.04 Å². The van der Waals surface area contributed by atoms with Gasteiger partial charge in [0.25, 0.3) is 0 Å².